The molecule has 0 saturated heterocycles. The fourth-order valence-corrected chi connectivity index (χ4v) is 3.22. The van der Waals surface area contributed by atoms with Gasteiger partial charge in [-0.2, -0.15) is 13.2 Å². The molecule has 1 unspecified atom stereocenters. The van der Waals surface area contributed by atoms with E-state index in [0.29, 0.717) is 5.56 Å². The summed E-state index contributed by atoms with van der Waals surface area (Å²) in [6, 6.07) is 10.2. The number of amides is 1. The average Bonchev–Trinajstić information content (AvgIpc) is 2.54. The second-order valence-electron chi connectivity index (χ2n) is 5.33. The highest BCUT2D eigenvalue weighted by molar-refractivity contribution is 7.84. The SMILES string of the molecule is O=C(CS(=O)Cc1cccc(C(=O)O)c1)Nc1ccccc1C(F)(F)F. The number of carboxylic acid groups (broad SMARTS) is 1. The lowest BCUT2D eigenvalue weighted by atomic mass is 10.1. The molecular formula is C17H14F3NO4S. The second-order valence-corrected chi connectivity index (χ2v) is 6.78. The van der Waals surface area contributed by atoms with Gasteiger partial charge in [0.1, 0.15) is 5.75 Å². The van der Waals surface area contributed by atoms with Crippen LogP contribution in [0.1, 0.15) is 21.5 Å². The van der Waals surface area contributed by atoms with E-state index in [-0.39, 0.29) is 11.3 Å². The molecule has 0 aromatic heterocycles. The van der Waals surface area contributed by atoms with Crippen LogP contribution in [0.25, 0.3) is 0 Å². The van der Waals surface area contributed by atoms with Crippen LogP contribution in [0.4, 0.5) is 18.9 Å². The Hall–Kier alpha value is -2.68. The van der Waals surface area contributed by atoms with Gasteiger partial charge in [0.05, 0.1) is 16.8 Å². The summed E-state index contributed by atoms with van der Waals surface area (Å²) in [4.78, 5) is 22.8. The Labute approximate surface area is 149 Å². The van der Waals surface area contributed by atoms with Gasteiger partial charge in [0.15, 0.2) is 0 Å². The van der Waals surface area contributed by atoms with Crippen LogP contribution in [-0.2, 0) is 27.5 Å². The predicted octanol–water partition coefficient (Wildman–Crippen LogP) is 3.29. The van der Waals surface area contributed by atoms with Crippen molar-refractivity contribution in [1.29, 1.82) is 0 Å². The van der Waals surface area contributed by atoms with E-state index in [4.69, 9.17) is 5.11 Å². The molecule has 0 saturated carbocycles. The molecular weight excluding hydrogens is 371 g/mol. The molecule has 0 bridgehead atoms. The number of hydrogen-bond donors (Lipinski definition) is 2. The zero-order valence-electron chi connectivity index (χ0n) is 13.2. The Morgan fingerprint density at radius 2 is 1.77 bits per heavy atom. The molecule has 1 atom stereocenters. The van der Waals surface area contributed by atoms with Crippen LogP contribution in [-0.4, -0.2) is 26.9 Å². The van der Waals surface area contributed by atoms with Crippen LogP contribution in [0.5, 0.6) is 0 Å². The monoisotopic (exact) mass is 385 g/mol. The minimum atomic E-state index is -4.62. The lowest BCUT2D eigenvalue weighted by Crippen LogP contribution is -2.22. The molecule has 0 spiro atoms. The smallest absolute Gasteiger partial charge is 0.418 e. The number of anilines is 1. The van der Waals surface area contributed by atoms with Gasteiger partial charge in [-0.25, -0.2) is 4.79 Å². The molecule has 9 heteroatoms. The van der Waals surface area contributed by atoms with Crippen LogP contribution in [0.3, 0.4) is 0 Å². The summed E-state index contributed by atoms with van der Waals surface area (Å²) in [5.74, 6) is -2.56. The van der Waals surface area contributed by atoms with E-state index in [9.17, 15) is 27.0 Å². The van der Waals surface area contributed by atoms with Gasteiger partial charge in [-0.3, -0.25) is 9.00 Å². The van der Waals surface area contributed by atoms with E-state index in [1.165, 1.54) is 30.3 Å². The first kappa shape index (κ1) is 19.6. The number of carbonyl (C=O) groups excluding carboxylic acids is 1. The molecule has 2 aromatic carbocycles. The largest absolute Gasteiger partial charge is 0.478 e. The molecule has 0 aliphatic heterocycles. The number of aromatic carboxylic acids is 1. The van der Waals surface area contributed by atoms with Crippen molar-refractivity contribution < 1.29 is 32.1 Å². The van der Waals surface area contributed by atoms with Gasteiger partial charge in [0.25, 0.3) is 0 Å². The summed E-state index contributed by atoms with van der Waals surface area (Å²) >= 11 is 0. The normalized spacial score (nSPS) is 12.4. The Balaban J connectivity index is 2.01. The molecule has 2 aromatic rings. The molecule has 0 fully saturated rings. The van der Waals surface area contributed by atoms with Crippen molar-refractivity contribution in [3.63, 3.8) is 0 Å². The van der Waals surface area contributed by atoms with Crippen molar-refractivity contribution >= 4 is 28.4 Å². The molecule has 138 valence electrons. The summed E-state index contributed by atoms with van der Waals surface area (Å²) < 4.78 is 50.7. The van der Waals surface area contributed by atoms with E-state index in [2.05, 4.69) is 5.32 Å². The zero-order chi connectivity index (χ0) is 19.3. The third-order valence-corrected chi connectivity index (χ3v) is 4.54. The first-order valence-corrected chi connectivity index (χ1v) is 8.79. The van der Waals surface area contributed by atoms with Crippen molar-refractivity contribution in [3.8, 4) is 0 Å². The van der Waals surface area contributed by atoms with Crippen LogP contribution in [0.15, 0.2) is 48.5 Å². The number of halogens is 3. The molecule has 2 rings (SSSR count). The molecule has 0 aliphatic rings. The van der Waals surface area contributed by atoms with Crippen molar-refractivity contribution in [3.05, 3.63) is 65.2 Å². The van der Waals surface area contributed by atoms with Crippen LogP contribution in [0, 0.1) is 0 Å². The summed E-state index contributed by atoms with van der Waals surface area (Å²) in [5, 5.41) is 11.0. The molecule has 26 heavy (non-hydrogen) atoms. The van der Waals surface area contributed by atoms with Gasteiger partial charge >= 0.3 is 12.1 Å². The van der Waals surface area contributed by atoms with Crippen LogP contribution < -0.4 is 5.32 Å². The lowest BCUT2D eigenvalue weighted by Gasteiger charge is -2.13. The van der Waals surface area contributed by atoms with Gasteiger partial charge in [-0.15, -0.1) is 0 Å². The summed E-state index contributed by atoms with van der Waals surface area (Å²) in [5.41, 5.74) is -0.932. The van der Waals surface area contributed by atoms with Crippen molar-refractivity contribution in [1.82, 2.24) is 0 Å². The Morgan fingerprint density at radius 1 is 1.08 bits per heavy atom. The minimum Gasteiger partial charge on any atom is -0.478 e. The van der Waals surface area contributed by atoms with E-state index in [1.54, 1.807) is 6.07 Å². The van der Waals surface area contributed by atoms with Crippen molar-refractivity contribution in [2.24, 2.45) is 0 Å². The van der Waals surface area contributed by atoms with Gasteiger partial charge < -0.3 is 10.4 Å². The maximum atomic E-state index is 12.9. The van der Waals surface area contributed by atoms with E-state index in [0.717, 1.165) is 12.1 Å². The first-order chi connectivity index (χ1) is 12.2. The Bertz CT molecular complexity index is 852. The highest BCUT2D eigenvalue weighted by Crippen LogP contribution is 2.34. The maximum absolute atomic E-state index is 12.9. The topological polar surface area (TPSA) is 83.5 Å². The molecule has 2 N–H and O–H groups in total. The van der Waals surface area contributed by atoms with Gasteiger partial charge in [-0.05, 0) is 29.8 Å². The number of rotatable bonds is 6. The number of carboxylic acids is 1. The third-order valence-electron chi connectivity index (χ3n) is 3.30. The fourth-order valence-electron chi connectivity index (χ4n) is 2.20. The minimum absolute atomic E-state index is 0.0167. The lowest BCUT2D eigenvalue weighted by molar-refractivity contribution is -0.137. The molecule has 0 aliphatic carbocycles. The number of alkyl halides is 3. The maximum Gasteiger partial charge on any atom is 0.418 e. The number of nitrogens with one attached hydrogen (secondary N) is 1. The Morgan fingerprint density at radius 3 is 2.42 bits per heavy atom. The number of carbonyl (C=O) groups is 2. The van der Waals surface area contributed by atoms with Crippen molar-refractivity contribution in [2.45, 2.75) is 11.9 Å². The number of para-hydroxylation sites is 1. The fraction of sp³-hybridized carbons (Fsp3) is 0.176. The van der Waals surface area contributed by atoms with Gasteiger partial charge in [-0.1, -0.05) is 24.3 Å². The number of benzene rings is 2. The standard InChI is InChI=1S/C17H14F3NO4S/c18-17(19,20)13-6-1-2-7-14(13)21-15(22)10-26(25)9-11-4-3-5-12(8-11)16(23)24/h1-8H,9-10H2,(H,21,22)(H,23,24). The second kappa shape index (κ2) is 8.13. The summed E-state index contributed by atoms with van der Waals surface area (Å²) in [6.45, 7) is 0. The van der Waals surface area contributed by atoms with Crippen molar-refractivity contribution in [2.75, 3.05) is 11.1 Å². The summed E-state index contributed by atoms with van der Waals surface area (Å²) in [7, 11) is -1.71. The van der Waals surface area contributed by atoms with Crippen LogP contribution in [0.2, 0.25) is 0 Å². The predicted molar refractivity (Wildman–Crippen MR) is 90.2 cm³/mol. The quantitative estimate of drug-likeness (QED) is 0.799. The highest BCUT2D eigenvalue weighted by atomic mass is 32.2. The van der Waals surface area contributed by atoms with Gasteiger partial charge in [0, 0.05) is 16.6 Å². The molecule has 1 amide bonds. The molecule has 5 nitrogen and oxygen atoms in total. The summed E-state index contributed by atoms with van der Waals surface area (Å²) in [6.07, 6.45) is -4.62. The van der Waals surface area contributed by atoms with E-state index in [1.807, 2.05) is 0 Å². The zero-order valence-corrected chi connectivity index (χ0v) is 14.1. The average molecular weight is 385 g/mol. The van der Waals surface area contributed by atoms with E-state index < -0.39 is 45.9 Å². The highest BCUT2D eigenvalue weighted by Gasteiger charge is 2.33. The molecule has 0 heterocycles. The van der Waals surface area contributed by atoms with E-state index >= 15 is 0 Å². The number of hydrogen-bond acceptors (Lipinski definition) is 3. The Kier molecular flexibility index (Phi) is 6.14. The molecule has 0 radical (unpaired) electrons. The van der Waals surface area contributed by atoms with Crippen LogP contribution >= 0.6 is 0 Å². The van der Waals surface area contributed by atoms with Gasteiger partial charge in [0.2, 0.25) is 5.91 Å². The first-order valence-electron chi connectivity index (χ1n) is 7.30. The third kappa shape index (κ3) is 5.41.